The fourth-order valence-electron chi connectivity index (χ4n) is 1.73. The van der Waals surface area contributed by atoms with Crippen molar-refractivity contribution in [2.45, 2.75) is 18.2 Å². The van der Waals surface area contributed by atoms with Crippen molar-refractivity contribution in [1.82, 2.24) is 10.3 Å². The molecule has 8 heteroatoms. The normalized spacial score (nSPS) is 11.4. The maximum absolute atomic E-state index is 12.8. The highest BCUT2D eigenvalue weighted by molar-refractivity contribution is 7.91. The fraction of sp³-hybridized carbons (Fsp3) is 0.286. The molecule has 1 heterocycles. The number of amides is 1. The third-order valence-electron chi connectivity index (χ3n) is 2.92. The molecule has 6 nitrogen and oxygen atoms in total. The zero-order valence-electron chi connectivity index (χ0n) is 11.9. The van der Waals surface area contributed by atoms with Crippen LogP contribution in [0.5, 0.6) is 0 Å². The summed E-state index contributed by atoms with van der Waals surface area (Å²) in [5, 5.41) is 2.46. The van der Waals surface area contributed by atoms with Crippen molar-refractivity contribution < 1.29 is 22.0 Å². The van der Waals surface area contributed by atoms with Crippen LogP contribution in [0.4, 0.5) is 4.39 Å². The first-order valence-electron chi connectivity index (χ1n) is 6.63. The van der Waals surface area contributed by atoms with Gasteiger partial charge in [0.2, 0.25) is 0 Å². The van der Waals surface area contributed by atoms with E-state index in [0.29, 0.717) is 12.3 Å². The smallest absolute Gasteiger partial charge is 0.273 e. The Bertz CT molecular complexity index is 753. The molecule has 22 heavy (non-hydrogen) atoms. The molecule has 118 valence electrons. The number of benzene rings is 1. The molecule has 0 unspecified atom stereocenters. The van der Waals surface area contributed by atoms with Crippen LogP contribution in [-0.4, -0.2) is 31.6 Å². The Hall–Kier alpha value is -2.22. The maximum Gasteiger partial charge on any atom is 0.273 e. The molecule has 0 spiro atoms. The van der Waals surface area contributed by atoms with Gasteiger partial charge in [-0.2, -0.15) is 0 Å². The van der Waals surface area contributed by atoms with Gasteiger partial charge in [0.25, 0.3) is 5.91 Å². The molecule has 2 aromatic rings. The molecular formula is C14H15FN2O4S. The molecule has 2 rings (SSSR count). The van der Waals surface area contributed by atoms with Crippen LogP contribution < -0.4 is 5.32 Å². The lowest BCUT2D eigenvalue weighted by atomic mass is 10.4. The first kappa shape index (κ1) is 16.2. The fourth-order valence-corrected chi connectivity index (χ4v) is 2.88. The molecule has 0 saturated carbocycles. The van der Waals surface area contributed by atoms with Crippen LogP contribution in [0.1, 0.15) is 23.3 Å². The molecule has 0 aliphatic rings. The summed E-state index contributed by atoms with van der Waals surface area (Å²) >= 11 is 0. The van der Waals surface area contributed by atoms with Crippen LogP contribution in [0, 0.1) is 5.82 Å². The van der Waals surface area contributed by atoms with Crippen LogP contribution in [0.2, 0.25) is 0 Å². The number of oxazole rings is 1. The average Bonchev–Trinajstić information content (AvgIpc) is 2.96. The first-order valence-corrected chi connectivity index (χ1v) is 8.28. The summed E-state index contributed by atoms with van der Waals surface area (Å²) in [5.74, 6) is -0.866. The molecule has 1 N–H and O–H groups in total. The van der Waals surface area contributed by atoms with Gasteiger partial charge in [-0.3, -0.25) is 4.79 Å². The lowest BCUT2D eigenvalue weighted by molar-refractivity contribution is 0.0951. The number of halogens is 1. The third-order valence-corrected chi connectivity index (χ3v) is 4.65. The van der Waals surface area contributed by atoms with Gasteiger partial charge in [0.1, 0.15) is 12.1 Å². The number of hydrogen-bond donors (Lipinski definition) is 1. The van der Waals surface area contributed by atoms with Crippen LogP contribution in [0.3, 0.4) is 0 Å². The number of carbonyl (C=O) groups is 1. The number of nitrogens with zero attached hydrogens (tertiary/aromatic N) is 1. The van der Waals surface area contributed by atoms with Crippen molar-refractivity contribution in [3.63, 3.8) is 0 Å². The van der Waals surface area contributed by atoms with E-state index in [-0.39, 0.29) is 22.9 Å². The Morgan fingerprint density at radius 2 is 2.00 bits per heavy atom. The second-order valence-corrected chi connectivity index (χ2v) is 6.62. The summed E-state index contributed by atoms with van der Waals surface area (Å²) in [6.07, 6.45) is 1.79. The predicted molar refractivity (Wildman–Crippen MR) is 76.7 cm³/mol. The number of aryl methyl sites for hydroxylation is 1. The summed E-state index contributed by atoms with van der Waals surface area (Å²) < 4.78 is 41.8. The lowest BCUT2D eigenvalue weighted by Crippen LogP contribution is -2.29. The second kappa shape index (κ2) is 6.69. The largest absolute Gasteiger partial charge is 0.448 e. The summed E-state index contributed by atoms with van der Waals surface area (Å²) in [5.41, 5.74) is 0.107. The minimum absolute atomic E-state index is 0.0119. The maximum atomic E-state index is 12.8. The van der Waals surface area contributed by atoms with Gasteiger partial charge in [-0.05, 0) is 24.3 Å². The average molecular weight is 326 g/mol. The number of nitrogens with one attached hydrogen (secondary N) is 1. The zero-order valence-corrected chi connectivity index (χ0v) is 12.7. The molecule has 0 atom stereocenters. The Labute approximate surface area is 127 Å². The zero-order chi connectivity index (χ0) is 16.2. The number of hydrogen-bond acceptors (Lipinski definition) is 5. The van der Waals surface area contributed by atoms with E-state index < -0.39 is 21.6 Å². The molecule has 1 amide bonds. The number of sulfone groups is 1. The Balaban J connectivity index is 1.92. The van der Waals surface area contributed by atoms with Gasteiger partial charge in [0, 0.05) is 13.0 Å². The van der Waals surface area contributed by atoms with Crippen molar-refractivity contribution in [2.75, 3.05) is 12.3 Å². The Morgan fingerprint density at radius 1 is 1.32 bits per heavy atom. The standard InChI is InChI=1S/C14H15FN2O4S/c1-2-13-17-12(9-21-13)14(18)16-7-8-22(19,20)11-5-3-10(15)4-6-11/h3-6,9H,2,7-8H2,1H3,(H,16,18). The van der Waals surface area contributed by atoms with Gasteiger partial charge in [0.05, 0.1) is 10.6 Å². The summed E-state index contributed by atoms with van der Waals surface area (Å²) in [4.78, 5) is 15.7. The Morgan fingerprint density at radius 3 is 2.59 bits per heavy atom. The van der Waals surface area contributed by atoms with E-state index in [1.54, 1.807) is 0 Å². The molecular weight excluding hydrogens is 311 g/mol. The highest BCUT2D eigenvalue weighted by atomic mass is 32.2. The topological polar surface area (TPSA) is 89.3 Å². The second-order valence-electron chi connectivity index (χ2n) is 4.51. The van der Waals surface area contributed by atoms with Crippen LogP contribution in [0.25, 0.3) is 0 Å². The van der Waals surface area contributed by atoms with E-state index in [0.717, 1.165) is 12.1 Å². The van der Waals surface area contributed by atoms with Crippen LogP contribution >= 0.6 is 0 Å². The quantitative estimate of drug-likeness (QED) is 0.814. The van der Waals surface area contributed by atoms with E-state index in [1.807, 2.05) is 6.92 Å². The molecule has 0 radical (unpaired) electrons. The molecule has 0 fully saturated rings. The molecule has 0 aliphatic heterocycles. The highest BCUT2D eigenvalue weighted by Gasteiger charge is 2.16. The minimum Gasteiger partial charge on any atom is -0.448 e. The number of rotatable bonds is 6. The van der Waals surface area contributed by atoms with E-state index in [2.05, 4.69) is 10.3 Å². The Kier molecular flexibility index (Phi) is 4.92. The molecule has 0 saturated heterocycles. The van der Waals surface area contributed by atoms with E-state index in [9.17, 15) is 17.6 Å². The summed E-state index contributed by atoms with van der Waals surface area (Å²) in [6.45, 7) is 1.76. The van der Waals surface area contributed by atoms with Crippen molar-refractivity contribution in [2.24, 2.45) is 0 Å². The predicted octanol–water partition coefficient (Wildman–Crippen LogP) is 1.58. The summed E-state index contributed by atoms with van der Waals surface area (Å²) in [7, 11) is -3.58. The van der Waals surface area contributed by atoms with Crippen LogP contribution in [0.15, 0.2) is 39.8 Å². The molecule has 0 bridgehead atoms. The monoisotopic (exact) mass is 326 g/mol. The van der Waals surface area contributed by atoms with Gasteiger partial charge in [0.15, 0.2) is 21.4 Å². The highest BCUT2D eigenvalue weighted by Crippen LogP contribution is 2.11. The SMILES string of the molecule is CCc1nc(C(=O)NCCS(=O)(=O)c2ccc(F)cc2)co1. The van der Waals surface area contributed by atoms with Crippen molar-refractivity contribution in [3.8, 4) is 0 Å². The first-order chi connectivity index (χ1) is 10.4. The van der Waals surface area contributed by atoms with Gasteiger partial charge in [-0.25, -0.2) is 17.8 Å². The van der Waals surface area contributed by atoms with Crippen molar-refractivity contribution in [1.29, 1.82) is 0 Å². The molecule has 1 aromatic heterocycles. The number of aromatic nitrogens is 1. The third kappa shape index (κ3) is 3.91. The van der Waals surface area contributed by atoms with Gasteiger partial charge in [-0.1, -0.05) is 6.92 Å². The van der Waals surface area contributed by atoms with Crippen LogP contribution in [-0.2, 0) is 16.3 Å². The van der Waals surface area contributed by atoms with Gasteiger partial charge >= 0.3 is 0 Å². The van der Waals surface area contributed by atoms with Crippen molar-refractivity contribution >= 4 is 15.7 Å². The lowest BCUT2D eigenvalue weighted by Gasteiger charge is -2.05. The molecule has 1 aromatic carbocycles. The van der Waals surface area contributed by atoms with E-state index >= 15 is 0 Å². The van der Waals surface area contributed by atoms with Gasteiger partial charge in [-0.15, -0.1) is 0 Å². The number of carbonyl (C=O) groups excluding carboxylic acids is 1. The van der Waals surface area contributed by atoms with E-state index in [1.165, 1.54) is 18.4 Å². The van der Waals surface area contributed by atoms with E-state index in [4.69, 9.17) is 4.42 Å². The van der Waals surface area contributed by atoms with Crippen molar-refractivity contribution in [3.05, 3.63) is 47.9 Å². The minimum atomic E-state index is -3.58. The summed E-state index contributed by atoms with van der Waals surface area (Å²) in [6, 6.07) is 4.54. The van der Waals surface area contributed by atoms with Gasteiger partial charge < -0.3 is 9.73 Å². The molecule has 0 aliphatic carbocycles.